The Bertz CT molecular complexity index is 6000. The highest BCUT2D eigenvalue weighted by atomic mass is 79.9. The van der Waals surface area contributed by atoms with E-state index in [1.54, 1.807) is 78.9 Å². The van der Waals surface area contributed by atoms with Crippen molar-refractivity contribution in [2.24, 2.45) is 17.2 Å². The van der Waals surface area contributed by atoms with E-state index < -0.39 is 60.0 Å². The van der Waals surface area contributed by atoms with E-state index in [0.717, 1.165) is 106 Å². The Kier molecular flexibility index (Phi) is 29.3. The summed E-state index contributed by atoms with van der Waals surface area (Å²) in [6, 6.07) is 42.2. The Labute approximate surface area is 709 Å². The van der Waals surface area contributed by atoms with Crippen molar-refractivity contribution in [1.82, 2.24) is 44.9 Å². The van der Waals surface area contributed by atoms with E-state index in [4.69, 9.17) is 80.5 Å². The molecular weight excluding hydrogens is 1700 g/mol. The molecular formula is C84H90BBrCl3F2N13O11S3. The number of methoxy groups -OCH3 is 3. The summed E-state index contributed by atoms with van der Waals surface area (Å²) in [5.74, 6) is 0.593. The van der Waals surface area contributed by atoms with Crippen molar-refractivity contribution >= 4 is 131 Å². The quantitative estimate of drug-likeness (QED) is 0.0486. The van der Waals surface area contributed by atoms with Gasteiger partial charge in [-0.25, -0.2) is 70.1 Å². The van der Waals surface area contributed by atoms with E-state index in [2.05, 4.69) is 61.1 Å². The van der Waals surface area contributed by atoms with Crippen molar-refractivity contribution in [1.29, 1.82) is 0 Å². The molecule has 24 nitrogen and oxygen atoms in total. The zero-order valence-electron chi connectivity index (χ0n) is 66.5. The molecule has 0 bridgehead atoms. The minimum absolute atomic E-state index is 0.0545. The van der Waals surface area contributed by atoms with Gasteiger partial charge in [0, 0.05) is 80.0 Å². The number of nitrogens with one attached hydrogen (secondary N) is 1. The molecule has 6 aromatic heterocycles. The van der Waals surface area contributed by atoms with Crippen LogP contribution in [-0.4, -0.2) is 134 Å². The number of hydrogen-bond acceptors (Lipinski definition) is 24. The van der Waals surface area contributed by atoms with Gasteiger partial charge in [-0.05, 0) is 231 Å². The number of nitrogens with two attached hydrogens (primary N) is 3. The van der Waals surface area contributed by atoms with E-state index in [9.17, 15) is 34.0 Å². The lowest BCUT2D eigenvalue weighted by Crippen LogP contribution is -2.41. The van der Waals surface area contributed by atoms with E-state index in [1.807, 2.05) is 97.1 Å². The molecule has 2 aliphatic carbocycles. The van der Waals surface area contributed by atoms with Gasteiger partial charge in [-0.3, -0.25) is 0 Å². The first-order valence-corrected chi connectivity index (χ1v) is 44.5. The molecule has 0 radical (unpaired) electrons. The van der Waals surface area contributed by atoms with Crippen LogP contribution in [-0.2, 0) is 56.1 Å². The molecule has 7 heterocycles. The smallest absolute Gasteiger partial charge is 0.481 e. The summed E-state index contributed by atoms with van der Waals surface area (Å²) in [5.41, 5.74) is 25.7. The summed E-state index contributed by atoms with van der Waals surface area (Å²) >= 11 is 21.6. The standard InChI is InChI=1S/C28H30ClN5O3S.C22H17ClFN3O3S.C19H23BClNO5S.C9H6BrFN2.C6H14N2/c1-17-13-18(14-19-15-31-28(34-26(17)19)33-21-9-7-20(30)8-10-21)23-12-11-22(32-27(23)37-2)16-38(35,36)25-6-4-3-5-24(25)29;1-13-9-14(10-15-11-25-22(24)27-20(13)15)17-8-7-16(26-21(17)30-2)12-31(28,29)19-6-4-3-5-18(19)23;1-18(2)19(3,4)27-20(26-18)14-11-10-13(22-17(14)25-5)12-28(23,24)16-9-7-6-8-15(16)21;1-5-2-7(10)3-6-4-12-9(11)13-8(5)6;7-5-1-2-6(8)4-3-5/h3-6,11-15,20-21H,7-10,16,30H2,1-2H3,(H,31,33,34);3-11H,12H2,1-2H3;6-11H,12H2,1-5H3;2-4H,1H3;5-6H,1-4,7-8H2. The van der Waals surface area contributed by atoms with Crippen LogP contribution in [0.25, 0.3) is 55.0 Å². The van der Waals surface area contributed by atoms with E-state index in [1.165, 1.54) is 58.0 Å². The van der Waals surface area contributed by atoms with Gasteiger partial charge in [0.15, 0.2) is 29.5 Å². The van der Waals surface area contributed by atoms with E-state index >= 15 is 0 Å². The average Bonchev–Trinajstić information content (AvgIpc) is 1.58. The van der Waals surface area contributed by atoms with Crippen LogP contribution in [0.1, 0.15) is 113 Å². The number of aryl methyl sites for hydroxylation is 3. The maximum Gasteiger partial charge on any atom is 0.500 e. The van der Waals surface area contributed by atoms with Gasteiger partial charge in [-0.2, -0.15) is 8.78 Å². The van der Waals surface area contributed by atoms with Gasteiger partial charge in [-0.1, -0.05) is 93.2 Å². The molecule has 0 amide bonds. The maximum absolute atomic E-state index is 13.4. The van der Waals surface area contributed by atoms with Crippen molar-refractivity contribution in [2.45, 2.75) is 167 Å². The third-order valence-corrected chi connectivity index (χ3v) is 27.4. The van der Waals surface area contributed by atoms with Crippen molar-refractivity contribution < 1.29 is 57.6 Å². The van der Waals surface area contributed by atoms with Gasteiger partial charge >= 0.3 is 19.3 Å². The summed E-state index contributed by atoms with van der Waals surface area (Å²) in [4.78, 5) is 37.5. The highest BCUT2D eigenvalue weighted by Crippen LogP contribution is 2.40. The summed E-state index contributed by atoms with van der Waals surface area (Å²) in [7, 11) is -7.21. The zero-order chi connectivity index (χ0) is 85.2. The first-order valence-electron chi connectivity index (χ1n) is 37.7. The number of sulfone groups is 3. The summed E-state index contributed by atoms with van der Waals surface area (Å²) in [5, 5.41) is 6.40. The third kappa shape index (κ3) is 22.3. The van der Waals surface area contributed by atoms with Crippen molar-refractivity contribution in [3.63, 3.8) is 0 Å². The van der Waals surface area contributed by atoms with Crippen LogP contribution in [0.5, 0.6) is 17.6 Å². The highest BCUT2D eigenvalue weighted by molar-refractivity contribution is 9.10. The lowest BCUT2D eigenvalue weighted by atomic mass is 9.79. The van der Waals surface area contributed by atoms with Crippen LogP contribution in [0.3, 0.4) is 0 Å². The normalized spacial score (nSPS) is 17.0. The zero-order valence-corrected chi connectivity index (χ0v) is 72.8. The van der Waals surface area contributed by atoms with E-state index in [0.29, 0.717) is 80.5 Å². The summed E-state index contributed by atoms with van der Waals surface area (Å²) < 4.78 is 132. The number of ether oxygens (including phenoxy) is 3. The molecule has 3 fully saturated rings. The number of anilines is 1. The summed E-state index contributed by atoms with van der Waals surface area (Å²) in [6.07, 6.45) is 11.8. The fourth-order valence-electron chi connectivity index (χ4n) is 13.5. The Morgan fingerprint density at radius 3 is 1.21 bits per heavy atom. The van der Waals surface area contributed by atoms with Crippen LogP contribution in [0, 0.1) is 32.9 Å². The van der Waals surface area contributed by atoms with E-state index in [-0.39, 0.29) is 58.8 Å². The van der Waals surface area contributed by atoms with Gasteiger partial charge in [0.1, 0.15) is 0 Å². The second-order valence-corrected chi connectivity index (χ2v) is 37.8. The molecule has 2 saturated carbocycles. The van der Waals surface area contributed by atoms with Gasteiger partial charge in [0.25, 0.3) is 0 Å². The molecule has 0 atom stereocenters. The fourth-order valence-corrected chi connectivity index (χ4v) is 19.6. The third-order valence-electron chi connectivity index (χ3n) is 20.5. The average molecular weight is 1790 g/mol. The SMILES string of the molecule is COc1nc(CS(=O)(=O)c2ccccc2Cl)ccc1-c1cc(C)c2nc(F)ncc2c1.COc1nc(CS(=O)(=O)c2ccccc2Cl)ccc1-c1cc(C)c2nc(NC3CCC(N)CC3)ncc2c1.COc1nc(CS(=O)(=O)c2ccccc2Cl)ccc1B1OC(C)(C)C(C)(C)O1.Cc1cc(Br)cc2cnc(F)nc12.NC1CCC(N)CC1. The molecule has 1 aliphatic heterocycles. The van der Waals surface area contributed by atoms with Gasteiger partial charge in [0.2, 0.25) is 23.6 Å². The minimum Gasteiger partial charge on any atom is -0.481 e. The Hall–Kier alpha value is -9.09. The second-order valence-electron chi connectivity index (χ2n) is 29.8. The number of hydrogen-bond donors (Lipinski definition) is 4. The maximum atomic E-state index is 13.4. The largest absolute Gasteiger partial charge is 0.500 e. The number of benzene rings is 6. The van der Waals surface area contributed by atoms with Crippen molar-refractivity contribution in [3.8, 4) is 39.9 Å². The van der Waals surface area contributed by atoms with Crippen LogP contribution in [0.4, 0.5) is 14.7 Å². The molecule has 620 valence electrons. The van der Waals surface area contributed by atoms with Crippen molar-refractivity contribution in [3.05, 3.63) is 230 Å². The number of halogens is 6. The Morgan fingerprint density at radius 1 is 0.466 bits per heavy atom. The fraction of sp³-hybridized carbons (Fsp3) is 0.321. The van der Waals surface area contributed by atoms with Crippen molar-refractivity contribution in [2.75, 3.05) is 26.6 Å². The Morgan fingerprint density at radius 2 is 0.814 bits per heavy atom. The molecule has 118 heavy (non-hydrogen) atoms. The molecule has 1 saturated heterocycles. The second kappa shape index (κ2) is 38.5. The number of nitrogens with zero attached hydrogens (tertiary/aromatic N) is 9. The lowest BCUT2D eigenvalue weighted by molar-refractivity contribution is 0.00578. The molecule has 7 N–H and O–H groups in total. The van der Waals surface area contributed by atoms with Crippen LogP contribution < -0.4 is 42.2 Å². The number of fused-ring (bicyclic) bond motifs is 3. The van der Waals surface area contributed by atoms with Crippen LogP contribution in [0.15, 0.2) is 183 Å². The predicted octanol–water partition coefficient (Wildman–Crippen LogP) is 16.2. The Balaban J connectivity index is 0.000000155. The number of rotatable bonds is 17. The first kappa shape index (κ1) is 89.7. The molecule has 15 rings (SSSR count). The summed E-state index contributed by atoms with van der Waals surface area (Å²) in [6.45, 7) is 13.5. The van der Waals surface area contributed by atoms with Crippen LogP contribution >= 0.6 is 50.7 Å². The van der Waals surface area contributed by atoms with Crippen LogP contribution in [0.2, 0.25) is 15.1 Å². The topological polar surface area (TPSA) is 355 Å². The number of pyridine rings is 3. The van der Waals surface area contributed by atoms with Gasteiger partial charge in [-0.15, -0.1) is 0 Å². The molecule has 34 heteroatoms. The molecule has 6 aromatic carbocycles. The number of aromatic nitrogens is 9. The first-order chi connectivity index (χ1) is 55.9. The van der Waals surface area contributed by atoms with Gasteiger partial charge in [0.05, 0.1) is 113 Å². The predicted molar refractivity (Wildman–Crippen MR) is 462 cm³/mol. The molecule has 0 unspecified atom stereocenters. The molecule has 0 spiro atoms. The highest BCUT2D eigenvalue weighted by Gasteiger charge is 2.53. The van der Waals surface area contributed by atoms with Gasteiger partial charge < -0.3 is 46.0 Å². The lowest BCUT2D eigenvalue weighted by Gasteiger charge is -2.32. The monoisotopic (exact) mass is 1790 g/mol. The minimum atomic E-state index is -3.69. The molecule has 12 aromatic rings. The molecule has 3 aliphatic rings.